The van der Waals surface area contributed by atoms with Gasteiger partial charge in [-0.2, -0.15) is 4.98 Å². The van der Waals surface area contributed by atoms with Crippen LogP contribution in [0.1, 0.15) is 23.7 Å². The van der Waals surface area contributed by atoms with Crippen LogP contribution in [0.4, 0.5) is 0 Å². The smallest absolute Gasteiger partial charge is 0.257 e. The van der Waals surface area contributed by atoms with E-state index in [1.54, 1.807) is 0 Å². The van der Waals surface area contributed by atoms with Crippen LogP contribution in [0.3, 0.4) is 0 Å². The summed E-state index contributed by atoms with van der Waals surface area (Å²) in [6, 6.07) is 8.13. The van der Waals surface area contributed by atoms with Gasteiger partial charge in [0.1, 0.15) is 0 Å². The van der Waals surface area contributed by atoms with Gasteiger partial charge in [0.05, 0.1) is 0 Å². The summed E-state index contributed by atoms with van der Waals surface area (Å²) in [5.41, 5.74) is 2.22. The summed E-state index contributed by atoms with van der Waals surface area (Å²) >= 11 is 0. The first-order valence-electron chi connectivity index (χ1n) is 5.94. The van der Waals surface area contributed by atoms with Crippen molar-refractivity contribution in [2.24, 2.45) is 0 Å². The number of hydrogen-bond acceptors (Lipinski definition) is 4. The minimum Gasteiger partial charge on any atom is -0.334 e. The molecule has 4 heteroatoms. The predicted molar refractivity (Wildman–Crippen MR) is 64.7 cm³/mol. The Labute approximate surface area is 100 Å². The molecule has 88 valence electrons. The molecule has 1 saturated heterocycles. The van der Waals surface area contributed by atoms with Gasteiger partial charge < -0.3 is 9.84 Å². The minimum absolute atomic E-state index is 0.401. The zero-order valence-corrected chi connectivity index (χ0v) is 9.81. The van der Waals surface area contributed by atoms with E-state index in [0.717, 1.165) is 30.9 Å². The van der Waals surface area contributed by atoms with E-state index in [0.29, 0.717) is 11.8 Å². The lowest BCUT2D eigenvalue weighted by Gasteiger charge is -1.98. The highest BCUT2D eigenvalue weighted by molar-refractivity contribution is 5.53. The van der Waals surface area contributed by atoms with Crippen molar-refractivity contribution in [3.8, 4) is 11.5 Å². The molecule has 0 unspecified atom stereocenters. The Morgan fingerprint density at radius 1 is 1.29 bits per heavy atom. The van der Waals surface area contributed by atoms with Gasteiger partial charge in [-0.1, -0.05) is 22.9 Å². The first-order valence-corrected chi connectivity index (χ1v) is 5.94. The quantitative estimate of drug-likeness (QED) is 0.857. The van der Waals surface area contributed by atoms with Gasteiger partial charge in [-0.05, 0) is 32.0 Å². The molecule has 3 rings (SSSR count). The summed E-state index contributed by atoms with van der Waals surface area (Å²) < 4.78 is 5.31. The maximum Gasteiger partial charge on any atom is 0.257 e. The van der Waals surface area contributed by atoms with Gasteiger partial charge in [0, 0.05) is 18.0 Å². The molecule has 1 fully saturated rings. The van der Waals surface area contributed by atoms with Gasteiger partial charge >= 0.3 is 0 Å². The van der Waals surface area contributed by atoms with Crippen LogP contribution < -0.4 is 5.32 Å². The molecule has 2 heterocycles. The number of aromatic nitrogens is 2. The van der Waals surface area contributed by atoms with Crippen molar-refractivity contribution in [3.63, 3.8) is 0 Å². The first kappa shape index (κ1) is 10.5. The fourth-order valence-electron chi connectivity index (χ4n) is 2.09. The molecule has 4 nitrogen and oxygen atoms in total. The van der Waals surface area contributed by atoms with Crippen molar-refractivity contribution < 1.29 is 4.52 Å². The van der Waals surface area contributed by atoms with E-state index in [1.807, 2.05) is 12.1 Å². The largest absolute Gasteiger partial charge is 0.334 e. The van der Waals surface area contributed by atoms with E-state index in [4.69, 9.17) is 4.52 Å². The van der Waals surface area contributed by atoms with Gasteiger partial charge in [0.15, 0.2) is 5.82 Å². The zero-order chi connectivity index (χ0) is 11.7. The molecular weight excluding hydrogens is 214 g/mol. The fraction of sp³-hybridized carbons (Fsp3) is 0.385. The molecule has 0 radical (unpaired) electrons. The Bertz CT molecular complexity index is 498. The molecule has 1 N–H and O–H groups in total. The summed E-state index contributed by atoms with van der Waals surface area (Å²) in [6.07, 6.45) is 1.09. The average molecular weight is 229 g/mol. The number of nitrogens with zero attached hydrogens (tertiary/aromatic N) is 2. The molecule has 1 aliphatic heterocycles. The molecular formula is C13H15N3O. The van der Waals surface area contributed by atoms with Gasteiger partial charge in [0.25, 0.3) is 5.89 Å². The standard InChI is InChI=1S/C13H15N3O/c1-9-2-4-10(5-3-9)13-15-12(16-17-13)11-6-7-14-8-11/h2-5,11,14H,6-8H2,1H3/t11-/m0/s1. The van der Waals surface area contributed by atoms with Crippen molar-refractivity contribution in [2.75, 3.05) is 13.1 Å². The lowest BCUT2D eigenvalue weighted by molar-refractivity contribution is 0.417. The minimum atomic E-state index is 0.401. The molecule has 0 saturated carbocycles. The van der Waals surface area contributed by atoms with Crippen molar-refractivity contribution >= 4 is 0 Å². The summed E-state index contributed by atoms with van der Waals surface area (Å²) in [4.78, 5) is 4.47. The van der Waals surface area contributed by atoms with Gasteiger partial charge in [-0.15, -0.1) is 0 Å². The number of hydrogen-bond donors (Lipinski definition) is 1. The molecule has 17 heavy (non-hydrogen) atoms. The zero-order valence-electron chi connectivity index (χ0n) is 9.81. The maximum atomic E-state index is 5.31. The van der Waals surface area contributed by atoms with E-state index in [2.05, 4.69) is 34.5 Å². The highest BCUT2D eigenvalue weighted by atomic mass is 16.5. The summed E-state index contributed by atoms with van der Waals surface area (Å²) in [5, 5.41) is 7.38. The maximum absolute atomic E-state index is 5.31. The number of aryl methyl sites for hydroxylation is 1. The molecule has 0 spiro atoms. The molecule has 0 aliphatic carbocycles. The second kappa shape index (κ2) is 4.30. The third kappa shape index (κ3) is 2.08. The van der Waals surface area contributed by atoms with Crippen LogP contribution in [0.2, 0.25) is 0 Å². The summed E-state index contributed by atoms with van der Waals surface area (Å²) in [5.74, 6) is 1.84. The molecule has 1 atom stereocenters. The lowest BCUT2D eigenvalue weighted by Crippen LogP contribution is -2.08. The Kier molecular flexibility index (Phi) is 2.65. The van der Waals surface area contributed by atoms with Crippen LogP contribution in [0.5, 0.6) is 0 Å². The Balaban J connectivity index is 1.86. The highest BCUT2D eigenvalue weighted by Gasteiger charge is 2.22. The first-order chi connectivity index (χ1) is 8.33. The van der Waals surface area contributed by atoms with E-state index in [1.165, 1.54) is 5.56 Å². The Hall–Kier alpha value is -1.68. The van der Waals surface area contributed by atoms with E-state index in [9.17, 15) is 0 Å². The Morgan fingerprint density at radius 3 is 2.82 bits per heavy atom. The van der Waals surface area contributed by atoms with Crippen LogP contribution in [-0.2, 0) is 0 Å². The van der Waals surface area contributed by atoms with E-state index < -0.39 is 0 Å². The molecule has 1 aromatic heterocycles. The molecule has 0 amide bonds. The van der Waals surface area contributed by atoms with Crippen molar-refractivity contribution in [1.29, 1.82) is 0 Å². The molecule has 1 aliphatic rings. The van der Waals surface area contributed by atoms with E-state index in [-0.39, 0.29) is 0 Å². The molecule has 0 bridgehead atoms. The van der Waals surface area contributed by atoms with Crippen molar-refractivity contribution in [2.45, 2.75) is 19.3 Å². The fourth-order valence-corrected chi connectivity index (χ4v) is 2.09. The van der Waals surface area contributed by atoms with Crippen molar-refractivity contribution in [3.05, 3.63) is 35.7 Å². The number of nitrogens with one attached hydrogen (secondary N) is 1. The summed E-state index contributed by atoms with van der Waals surface area (Å²) in [7, 11) is 0. The normalized spacial score (nSPS) is 19.7. The van der Waals surface area contributed by atoms with Crippen molar-refractivity contribution in [1.82, 2.24) is 15.5 Å². The topological polar surface area (TPSA) is 51.0 Å². The van der Waals surface area contributed by atoms with Gasteiger partial charge in [-0.25, -0.2) is 0 Å². The van der Waals surface area contributed by atoms with Crippen LogP contribution in [0.25, 0.3) is 11.5 Å². The average Bonchev–Trinajstić information content (AvgIpc) is 3.00. The molecule has 2 aromatic rings. The van der Waals surface area contributed by atoms with Crippen LogP contribution in [0, 0.1) is 6.92 Å². The number of benzene rings is 1. The molecule has 1 aromatic carbocycles. The highest BCUT2D eigenvalue weighted by Crippen LogP contribution is 2.23. The second-order valence-electron chi connectivity index (χ2n) is 4.51. The summed E-state index contributed by atoms with van der Waals surface area (Å²) in [6.45, 7) is 4.05. The van der Waals surface area contributed by atoms with Gasteiger partial charge in [-0.3, -0.25) is 0 Å². The lowest BCUT2D eigenvalue weighted by atomic mass is 10.1. The monoisotopic (exact) mass is 229 g/mol. The van der Waals surface area contributed by atoms with Gasteiger partial charge in [0.2, 0.25) is 0 Å². The Morgan fingerprint density at radius 2 is 2.12 bits per heavy atom. The third-order valence-corrected chi connectivity index (χ3v) is 3.17. The second-order valence-corrected chi connectivity index (χ2v) is 4.51. The SMILES string of the molecule is Cc1ccc(-c2nc([C@H]3CCNC3)no2)cc1. The third-order valence-electron chi connectivity index (χ3n) is 3.17. The van der Waals surface area contributed by atoms with E-state index >= 15 is 0 Å². The predicted octanol–water partition coefficient (Wildman–Crippen LogP) is 2.12. The van der Waals surface area contributed by atoms with Crippen LogP contribution in [0.15, 0.2) is 28.8 Å². The van der Waals surface area contributed by atoms with Crippen LogP contribution >= 0.6 is 0 Å². The number of rotatable bonds is 2. The van der Waals surface area contributed by atoms with Crippen LogP contribution in [-0.4, -0.2) is 23.2 Å².